The van der Waals surface area contributed by atoms with Gasteiger partial charge in [-0.3, -0.25) is 9.79 Å². The molecule has 4 aromatic rings. The summed E-state index contributed by atoms with van der Waals surface area (Å²) < 4.78 is 6.26. The monoisotopic (exact) mass is 727 g/mol. The summed E-state index contributed by atoms with van der Waals surface area (Å²) in [7, 11) is 0. The normalized spacial score (nSPS) is 11.4. The van der Waals surface area contributed by atoms with Crippen molar-refractivity contribution in [3.63, 3.8) is 0 Å². The van der Waals surface area contributed by atoms with Crippen LogP contribution in [0.15, 0.2) is 94.0 Å². The summed E-state index contributed by atoms with van der Waals surface area (Å²) in [6.07, 6.45) is 3.10. The second kappa shape index (κ2) is 16.0. The molecule has 0 unspecified atom stereocenters. The molecule has 0 spiro atoms. The van der Waals surface area contributed by atoms with Gasteiger partial charge in [-0.05, 0) is 55.4 Å². The van der Waals surface area contributed by atoms with E-state index in [4.69, 9.17) is 14.5 Å². The summed E-state index contributed by atoms with van der Waals surface area (Å²) in [5, 5.41) is 8.36. The average Bonchev–Trinajstić information content (AvgIpc) is 3.28. The second-order valence-electron chi connectivity index (χ2n) is 10.6. The number of aryl methyl sites for hydroxylation is 1. The van der Waals surface area contributed by atoms with Crippen LogP contribution in [0, 0.1) is 13.0 Å². The predicted molar refractivity (Wildman–Crippen MR) is 166 cm³/mol. The molecular weight excluding hydrogens is 687 g/mol. The summed E-state index contributed by atoms with van der Waals surface area (Å²) in [5.74, 6) is 2.61. The summed E-state index contributed by atoms with van der Waals surface area (Å²) in [6, 6.07) is 28.7. The third kappa shape index (κ3) is 9.81. The van der Waals surface area contributed by atoms with E-state index in [1.165, 1.54) is 47.7 Å². The van der Waals surface area contributed by atoms with E-state index in [1.807, 2.05) is 25.3 Å². The quantitative estimate of drug-likeness (QED) is 0.0852. The molecule has 0 aliphatic carbocycles. The first-order chi connectivity index (χ1) is 19.1. The van der Waals surface area contributed by atoms with Gasteiger partial charge in [0.25, 0.3) is 0 Å². The van der Waals surface area contributed by atoms with Crippen molar-refractivity contribution >= 4 is 12.0 Å². The average molecular weight is 727 g/mol. The van der Waals surface area contributed by atoms with E-state index in [1.54, 1.807) is 0 Å². The summed E-state index contributed by atoms with van der Waals surface area (Å²) >= 11 is 0. The molecule has 41 heavy (non-hydrogen) atoms. The Balaban J connectivity index is 0.000000655. The fourth-order valence-electron chi connectivity index (χ4n) is 4.54. The number of hydrogen-bond acceptors (Lipinski definition) is 4. The van der Waals surface area contributed by atoms with Crippen LogP contribution in [-0.2, 0) is 31.4 Å². The molecule has 4 nitrogen and oxygen atoms in total. The number of nitrogens with zero attached hydrogens (tertiary/aromatic N) is 1. The van der Waals surface area contributed by atoms with Crippen LogP contribution in [0.3, 0.4) is 0 Å². The van der Waals surface area contributed by atoms with E-state index >= 15 is 0 Å². The van der Waals surface area contributed by atoms with Gasteiger partial charge in [-0.25, -0.2) is 0 Å². The number of aliphatic hydroxyl groups is 1. The topological polar surface area (TPSA) is 62.8 Å². The third-order valence-corrected chi connectivity index (χ3v) is 6.45. The number of carbonyl (C=O) groups excluding carboxylic acids is 1. The second-order valence-corrected chi connectivity index (χ2v) is 10.6. The number of furan rings is 1. The van der Waals surface area contributed by atoms with Gasteiger partial charge >= 0.3 is 0 Å². The Hall–Kier alpha value is -3.53. The fourth-order valence-corrected chi connectivity index (χ4v) is 4.54. The Morgan fingerprint density at radius 3 is 2.10 bits per heavy atom. The number of aliphatic hydroxyl groups excluding tert-OH is 1. The Bertz CT molecular complexity index is 1450. The van der Waals surface area contributed by atoms with Crippen LogP contribution in [0.25, 0.3) is 22.5 Å². The van der Waals surface area contributed by atoms with Crippen LogP contribution < -0.4 is 0 Å². The number of carbonyl (C=O) groups is 1. The number of ketones is 1. The van der Waals surface area contributed by atoms with E-state index in [-0.39, 0.29) is 31.6 Å². The van der Waals surface area contributed by atoms with Crippen molar-refractivity contribution < 1.29 is 34.4 Å². The van der Waals surface area contributed by atoms with Gasteiger partial charge in [-0.1, -0.05) is 76.2 Å². The number of hydrogen-bond donors (Lipinski definition) is 1. The van der Waals surface area contributed by atoms with Crippen molar-refractivity contribution in [1.82, 2.24) is 0 Å². The van der Waals surface area contributed by atoms with Gasteiger partial charge in [0.15, 0.2) is 5.78 Å². The molecule has 1 radical (unpaired) electrons. The number of rotatable bonds is 8. The number of benzene rings is 3. The number of allylic oxidation sites excluding steroid dienone is 2. The minimum Gasteiger partial charge on any atom is -0.512 e. The van der Waals surface area contributed by atoms with Crippen LogP contribution >= 0.6 is 0 Å². The third-order valence-electron chi connectivity index (χ3n) is 6.45. The van der Waals surface area contributed by atoms with Gasteiger partial charge in [0.05, 0.1) is 5.76 Å². The minimum atomic E-state index is -0.125. The molecule has 0 bridgehead atoms. The van der Waals surface area contributed by atoms with Gasteiger partial charge in [0.1, 0.15) is 11.5 Å². The van der Waals surface area contributed by atoms with Crippen molar-refractivity contribution in [2.24, 2.45) is 4.99 Å². The van der Waals surface area contributed by atoms with E-state index in [0.717, 1.165) is 22.6 Å². The SMILES string of the molecule is CC(=O)/C=C(/C)O.Cc1oc(-c2c(C(C)C)cccc2C(C)C)cc1C=NCc1[c-]ccc(-c2ccccc2)c1.[Ir]. The van der Waals surface area contributed by atoms with Gasteiger partial charge in [-0.15, -0.1) is 11.1 Å². The molecule has 4 rings (SSSR count). The van der Waals surface area contributed by atoms with Crippen LogP contribution in [0.4, 0.5) is 0 Å². The zero-order valence-corrected chi connectivity index (χ0v) is 27.4. The Labute approximate surface area is 258 Å². The largest absolute Gasteiger partial charge is 0.512 e. The molecule has 0 atom stereocenters. The first-order valence-electron chi connectivity index (χ1n) is 13.7. The van der Waals surface area contributed by atoms with Crippen molar-refractivity contribution in [2.45, 2.75) is 66.8 Å². The van der Waals surface area contributed by atoms with Gasteiger partial charge in [0.2, 0.25) is 0 Å². The van der Waals surface area contributed by atoms with Crippen LogP contribution in [0.1, 0.15) is 81.4 Å². The molecule has 0 amide bonds. The zero-order valence-electron chi connectivity index (χ0n) is 25.0. The summed E-state index contributed by atoms with van der Waals surface area (Å²) in [4.78, 5) is 14.7. The Morgan fingerprint density at radius 1 is 0.927 bits per heavy atom. The van der Waals surface area contributed by atoms with Gasteiger partial charge < -0.3 is 9.52 Å². The van der Waals surface area contributed by atoms with Crippen LogP contribution in [-0.4, -0.2) is 17.1 Å². The first kappa shape index (κ1) is 33.7. The summed E-state index contributed by atoms with van der Waals surface area (Å²) in [6.45, 7) is 14.4. The van der Waals surface area contributed by atoms with E-state index in [2.05, 4.69) is 94.4 Å². The molecule has 1 N–H and O–H groups in total. The first-order valence-corrected chi connectivity index (χ1v) is 13.7. The molecule has 0 aliphatic rings. The summed E-state index contributed by atoms with van der Waals surface area (Å²) in [5.41, 5.74) is 8.37. The maximum atomic E-state index is 10.0. The standard InChI is InChI=1S/C31H32NO.C5H8O2.Ir/c1-21(2)28-15-10-16-29(22(3)4)31(28)30-18-27(23(5)33-30)20-32-19-24-11-9-14-26(17-24)25-12-7-6-8-13-25;1-4(6)3-5(2)7;/h6-10,12-18,20-22H,19H2,1-5H3;3,6H,1-2H3;/q-1;;/b;4-3-;. The fraction of sp³-hybridized carbons (Fsp3) is 0.278. The van der Waals surface area contributed by atoms with Gasteiger partial charge in [0, 0.05) is 50.1 Å². The molecule has 1 aromatic heterocycles. The van der Waals surface area contributed by atoms with E-state index in [0.29, 0.717) is 18.4 Å². The molecule has 0 saturated carbocycles. The molecule has 3 aromatic carbocycles. The van der Waals surface area contributed by atoms with E-state index in [9.17, 15) is 4.79 Å². The maximum Gasteiger partial charge on any atom is 0.155 e. The smallest absolute Gasteiger partial charge is 0.155 e. The van der Waals surface area contributed by atoms with E-state index < -0.39 is 0 Å². The number of aliphatic imine (C=N–C) groups is 1. The van der Waals surface area contributed by atoms with Crippen molar-refractivity contribution in [3.8, 4) is 22.5 Å². The zero-order chi connectivity index (χ0) is 29.2. The van der Waals surface area contributed by atoms with Crippen molar-refractivity contribution in [1.29, 1.82) is 0 Å². The van der Waals surface area contributed by atoms with Crippen molar-refractivity contribution in [2.75, 3.05) is 0 Å². The van der Waals surface area contributed by atoms with Crippen LogP contribution in [0.2, 0.25) is 0 Å². The minimum absolute atomic E-state index is 0. The molecule has 0 fully saturated rings. The Morgan fingerprint density at radius 2 is 1.56 bits per heavy atom. The molecule has 5 heteroatoms. The van der Waals surface area contributed by atoms with Gasteiger partial charge in [-0.2, -0.15) is 24.3 Å². The molecule has 0 saturated heterocycles. The molecule has 1 heterocycles. The molecule has 217 valence electrons. The molecular formula is C36H40IrNO3-. The predicted octanol–water partition coefficient (Wildman–Crippen LogP) is 9.62. The molecule has 0 aliphatic heterocycles. The van der Waals surface area contributed by atoms with Crippen molar-refractivity contribution in [3.05, 3.63) is 119 Å². The Kier molecular flexibility index (Phi) is 13.2. The van der Waals surface area contributed by atoms with Crippen LogP contribution in [0.5, 0.6) is 0 Å². The maximum absolute atomic E-state index is 10.0.